The number of aromatic nitrogens is 2. The van der Waals surface area contributed by atoms with Gasteiger partial charge in [-0.25, -0.2) is 4.79 Å². The molecule has 0 aliphatic carbocycles. The van der Waals surface area contributed by atoms with E-state index in [0.717, 1.165) is 17.5 Å². The van der Waals surface area contributed by atoms with Crippen LogP contribution in [0.25, 0.3) is 11.0 Å². The highest BCUT2D eigenvalue weighted by molar-refractivity contribution is 5.78. The molecule has 96 valence electrons. The van der Waals surface area contributed by atoms with E-state index < -0.39 is 0 Å². The number of hydrogen-bond acceptors (Lipinski definition) is 2. The molecular formula is C14H18N2O2. The Balaban J connectivity index is 2.25. The van der Waals surface area contributed by atoms with E-state index >= 15 is 0 Å². The minimum atomic E-state index is -0.0138. The van der Waals surface area contributed by atoms with Crippen LogP contribution in [-0.4, -0.2) is 14.9 Å². The molecule has 2 rings (SSSR count). The zero-order valence-corrected chi connectivity index (χ0v) is 10.8. The Morgan fingerprint density at radius 3 is 2.56 bits per heavy atom. The van der Waals surface area contributed by atoms with Crippen molar-refractivity contribution in [1.29, 1.82) is 0 Å². The molecule has 4 nitrogen and oxygen atoms in total. The highest BCUT2D eigenvalue weighted by Gasteiger charge is 2.09. The summed E-state index contributed by atoms with van der Waals surface area (Å²) in [6.07, 6.45) is 1.84. The third-order valence-corrected chi connectivity index (χ3v) is 3.28. The van der Waals surface area contributed by atoms with Gasteiger partial charge in [-0.2, -0.15) is 0 Å². The SMILES string of the molecule is CCC(=O)CCCn1c(=O)n(C)c2ccccc21. The lowest BCUT2D eigenvalue weighted by Crippen LogP contribution is -2.22. The van der Waals surface area contributed by atoms with Crippen LogP contribution in [0.3, 0.4) is 0 Å². The molecule has 1 aromatic carbocycles. The number of hydrogen-bond donors (Lipinski definition) is 0. The van der Waals surface area contributed by atoms with Crippen LogP contribution in [0, 0.1) is 0 Å². The normalized spacial score (nSPS) is 11.0. The van der Waals surface area contributed by atoms with Gasteiger partial charge < -0.3 is 0 Å². The fraction of sp³-hybridized carbons (Fsp3) is 0.429. The Bertz CT molecular complexity index is 622. The number of nitrogens with zero attached hydrogens (tertiary/aromatic N) is 2. The molecule has 0 aliphatic heterocycles. The standard InChI is InChI=1S/C14H18N2O2/c1-3-11(17)7-6-10-16-13-9-5-4-8-12(13)15(2)14(16)18/h4-5,8-9H,3,6-7,10H2,1-2H3. The van der Waals surface area contributed by atoms with Gasteiger partial charge in [0.25, 0.3) is 0 Å². The van der Waals surface area contributed by atoms with Gasteiger partial charge in [-0.15, -0.1) is 0 Å². The van der Waals surface area contributed by atoms with E-state index in [1.165, 1.54) is 0 Å². The smallest absolute Gasteiger partial charge is 0.300 e. The van der Waals surface area contributed by atoms with E-state index in [1.807, 2.05) is 31.2 Å². The van der Waals surface area contributed by atoms with Crippen molar-refractivity contribution < 1.29 is 4.79 Å². The van der Waals surface area contributed by atoms with Gasteiger partial charge in [-0.3, -0.25) is 13.9 Å². The van der Waals surface area contributed by atoms with Crippen molar-refractivity contribution in [3.8, 4) is 0 Å². The summed E-state index contributed by atoms with van der Waals surface area (Å²) in [5, 5.41) is 0. The molecule has 0 saturated carbocycles. The number of fused-ring (bicyclic) bond motifs is 1. The maximum absolute atomic E-state index is 12.1. The second-order valence-corrected chi connectivity index (χ2v) is 4.48. The van der Waals surface area contributed by atoms with Crippen LogP contribution in [0.2, 0.25) is 0 Å². The number of benzene rings is 1. The molecular weight excluding hydrogens is 228 g/mol. The molecule has 4 heteroatoms. The minimum absolute atomic E-state index is 0.0138. The van der Waals surface area contributed by atoms with Crippen molar-refractivity contribution in [2.45, 2.75) is 32.7 Å². The lowest BCUT2D eigenvalue weighted by molar-refractivity contribution is -0.118. The Labute approximate surface area is 106 Å². The molecule has 2 aromatic rings. The maximum Gasteiger partial charge on any atom is 0.328 e. The number of rotatable bonds is 5. The van der Waals surface area contributed by atoms with E-state index in [4.69, 9.17) is 0 Å². The summed E-state index contributed by atoms with van der Waals surface area (Å²) in [5.74, 6) is 0.253. The van der Waals surface area contributed by atoms with Crippen LogP contribution in [0.1, 0.15) is 26.2 Å². The first kappa shape index (κ1) is 12.6. The summed E-state index contributed by atoms with van der Waals surface area (Å²) >= 11 is 0. The number of aryl methyl sites for hydroxylation is 2. The molecule has 0 radical (unpaired) electrons. The van der Waals surface area contributed by atoms with Crippen LogP contribution >= 0.6 is 0 Å². The number of para-hydroxylation sites is 2. The predicted molar refractivity (Wildman–Crippen MR) is 71.7 cm³/mol. The van der Waals surface area contributed by atoms with Crippen LogP contribution in [-0.2, 0) is 18.4 Å². The van der Waals surface area contributed by atoms with Gasteiger partial charge in [0.1, 0.15) is 5.78 Å². The van der Waals surface area contributed by atoms with E-state index in [2.05, 4.69) is 0 Å². The van der Waals surface area contributed by atoms with Gasteiger partial charge in [0, 0.05) is 26.4 Å². The Kier molecular flexibility index (Phi) is 3.65. The van der Waals surface area contributed by atoms with Gasteiger partial charge in [0.05, 0.1) is 11.0 Å². The second-order valence-electron chi connectivity index (χ2n) is 4.48. The fourth-order valence-electron chi connectivity index (χ4n) is 2.19. The lowest BCUT2D eigenvalue weighted by atomic mass is 10.2. The summed E-state index contributed by atoms with van der Waals surface area (Å²) < 4.78 is 3.40. The quantitative estimate of drug-likeness (QED) is 0.811. The topological polar surface area (TPSA) is 44.0 Å². The van der Waals surface area contributed by atoms with Gasteiger partial charge in [-0.05, 0) is 18.6 Å². The first-order chi connectivity index (χ1) is 8.65. The number of carbonyl (C=O) groups excluding carboxylic acids is 1. The third-order valence-electron chi connectivity index (χ3n) is 3.28. The van der Waals surface area contributed by atoms with Gasteiger partial charge in [0.2, 0.25) is 0 Å². The van der Waals surface area contributed by atoms with Crippen molar-refractivity contribution in [2.24, 2.45) is 7.05 Å². The van der Waals surface area contributed by atoms with Gasteiger partial charge >= 0.3 is 5.69 Å². The van der Waals surface area contributed by atoms with Gasteiger partial charge in [-0.1, -0.05) is 19.1 Å². The Morgan fingerprint density at radius 1 is 1.22 bits per heavy atom. The molecule has 0 unspecified atom stereocenters. The highest BCUT2D eigenvalue weighted by atomic mass is 16.1. The van der Waals surface area contributed by atoms with E-state index in [-0.39, 0.29) is 11.5 Å². The molecule has 0 spiro atoms. The van der Waals surface area contributed by atoms with Crippen molar-refractivity contribution in [3.63, 3.8) is 0 Å². The minimum Gasteiger partial charge on any atom is -0.300 e. The molecule has 0 bridgehead atoms. The molecule has 1 heterocycles. The zero-order valence-electron chi connectivity index (χ0n) is 10.8. The van der Waals surface area contributed by atoms with Crippen molar-refractivity contribution >= 4 is 16.8 Å². The van der Waals surface area contributed by atoms with Gasteiger partial charge in [0.15, 0.2) is 0 Å². The highest BCUT2D eigenvalue weighted by Crippen LogP contribution is 2.12. The summed E-state index contributed by atoms with van der Waals surface area (Å²) in [6, 6.07) is 7.73. The Hall–Kier alpha value is -1.84. The lowest BCUT2D eigenvalue weighted by Gasteiger charge is -2.02. The van der Waals surface area contributed by atoms with Crippen molar-refractivity contribution in [2.75, 3.05) is 0 Å². The molecule has 18 heavy (non-hydrogen) atoms. The molecule has 0 saturated heterocycles. The first-order valence-electron chi connectivity index (χ1n) is 6.31. The average molecular weight is 246 g/mol. The largest absolute Gasteiger partial charge is 0.328 e. The van der Waals surface area contributed by atoms with Crippen LogP contribution in [0.5, 0.6) is 0 Å². The summed E-state index contributed by atoms with van der Waals surface area (Å²) in [6.45, 7) is 2.47. The molecule has 0 atom stereocenters. The van der Waals surface area contributed by atoms with Crippen LogP contribution in [0.15, 0.2) is 29.1 Å². The number of ketones is 1. The third kappa shape index (κ3) is 2.23. The summed E-state index contributed by atoms with van der Waals surface area (Å²) in [7, 11) is 1.78. The molecule has 0 fully saturated rings. The van der Waals surface area contributed by atoms with Crippen LogP contribution < -0.4 is 5.69 Å². The van der Waals surface area contributed by atoms with E-state index in [9.17, 15) is 9.59 Å². The Morgan fingerprint density at radius 2 is 1.89 bits per heavy atom. The summed E-state index contributed by atoms with van der Waals surface area (Å²) in [4.78, 5) is 23.3. The number of carbonyl (C=O) groups is 1. The van der Waals surface area contributed by atoms with Crippen molar-refractivity contribution in [3.05, 3.63) is 34.7 Å². The van der Waals surface area contributed by atoms with Crippen molar-refractivity contribution in [1.82, 2.24) is 9.13 Å². The molecule has 0 amide bonds. The maximum atomic E-state index is 12.1. The summed E-state index contributed by atoms with van der Waals surface area (Å²) in [5.41, 5.74) is 1.86. The molecule has 1 aromatic heterocycles. The molecule has 0 aliphatic rings. The second kappa shape index (κ2) is 5.21. The van der Waals surface area contributed by atoms with E-state index in [1.54, 1.807) is 16.2 Å². The van der Waals surface area contributed by atoms with E-state index in [0.29, 0.717) is 19.4 Å². The number of imidazole rings is 1. The monoisotopic (exact) mass is 246 g/mol. The fourth-order valence-corrected chi connectivity index (χ4v) is 2.19. The number of Topliss-reactive ketones (excluding diaryl/α,β-unsaturated/α-hetero) is 1. The zero-order chi connectivity index (χ0) is 13.1. The molecule has 0 N–H and O–H groups in total. The predicted octanol–water partition coefficient (Wildman–Crippen LogP) is 2.10. The first-order valence-corrected chi connectivity index (χ1v) is 6.31. The average Bonchev–Trinajstić information content (AvgIpc) is 2.64. The van der Waals surface area contributed by atoms with Crippen LogP contribution in [0.4, 0.5) is 0 Å².